The average molecular weight is 575 g/mol. The number of phenols is 2. The maximum Gasteiger partial charge on any atom is 0.160 e. The molecule has 0 aliphatic carbocycles. The first-order valence-electron chi connectivity index (χ1n) is 13.1. The molecule has 0 amide bonds. The highest BCUT2D eigenvalue weighted by molar-refractivity contribution is 8.11. The van der Waals surface area contributed by atoms with Crippen molar-refractivity contribution in [3.63, 3.8) is 0 Å². The second-order valence-corrected chi connectivity index (χ2v) is 13.3. The second-order valence-electron chi connectivity index (χ2n) is 10.4. The van der Waals surface area contributed by atoms with Gasteiger partial charge in [0.15, 0.2) is 9.84 Å². The molecule has 4 rings (SSSR count). The van der Waals surface area contributed by atoms with Crippen LogP contribution in [0.5, 0.6) is 23.0 Å². The molecule has 0 saturated carbocycles. The number of hydrogen-bond donors (Lipinski definition) is 2. The van der Waals surface area contributed by atoms with E-state index in [-0.39, 0.29) is 43.3 Å². The Balaban J connectivity index is 1.49. The third-order valence-electron chi connectivity index (χ3n) is 7.28. The van der Waals surface area contributed by atoms with Crippen LogP contribution in [-0.2, 0) is 15.3 Å². The van der Waals surface area contributed by atoms with Gasteiger partial charge in [-0.15, -0.1) is 12.2 Å². The lowest BCUT2D eigenvalue weighted by molar-refractivity contribution is 0.182. The predicted molar refractivity (Wildman–Crippen MR) is 150 cm³/mol. The van der Waals surface area contributed by atoms with Crippen molar-refractivity contribution in [2.24, 2.45) is 0 Å². The molecular formula is C31H33F3O5S. The molecule has 0 bridgehead atoms. The van der Waals surface area contributed by atoms with Crippen molar-refractivity contribution < 1.29 is 36.1 Å². The van der Waals surface area contributed by atoms with E-state index in [2.05, 4.69) is 12.8 Å². The molecule has 0 spiro atoms. The molecule has 1 aliphatic rings. The van der Waals surface area contributed by atoms with Crippen LogP contribution in [0.2, 0.25) is 0 Å². The van der Waals surface area contributed by atoms with Crippen molar-refractivity contribution in [3.8, 4) is 35.1 Å². The molecule has 2 unspecified atom stereocenters. The van der Waals surface area contributed by atoms with Gasteiger partial charge in [-0.1, -0.05) is 43.2 Å². The van der Waals surface area contributed by atoms with Crippen LogP contribution >= 0.6 is 0 Å². The van der Waals surface area contributed by atoms with Gasteiger partial charge in [0.1, 0.15) is 29.2 Å². The van der Waals surface area contributed by atoms with Gasteiger partial charge >= 0.3 is 0 Å². The highest BCUT2D eigenvalue weighted by atomic mass is 32.3. The Morgan fingerprint density at radius 1 is 1.00 bits per heavy atom. The Morgan fingerprint density at radius 2 is 1.73 bits per heavy atom. The molecule has 2 N–H and O–H groups in total. The Hall–Kier alpha value is -3.64. The van der Waals surface area contributed by atoms with E-state index in [0.717, 1.165) is 22.9 Å². The van der Waals surface area contributed by atoms with Gasteiger partial charge in [-0.3, -0.25) is 0 Å². The van der Waals surface area contributed by atoms with Crippen molar-refractivity contribution in [3.05, 3.63) is 83.4 Å². The van der Waals surface area contributed by atoms with Crippen LogP contribution in [0.25, 0.3) is 0 Å². The highest BCUT2D eigenvalue weighted by Crippen LogP contribution is 2.51. The fourth-order valence-electron chi connectivity index (χ4n) is 5.21. The zero-order valence-corrected chi connectivity index (χ0v) is 23.1. The first-order valence-corrected chi connectivity index (χ1v) is 15.2. The summed E-state index contributed by atoms with van der Waals surface area (Å²) in [6, 6.07) is 19.6. The maximum atomic E-state index is 14.3. The van der Waals surface area contributed by atoms with Gasteiger partial charge in [0.05, 0.1) is 24.7 Å². The Bertz CT molecular complexity index is 1460. The molecule has 40 heavy (non-hydrogen) atoms. The lowest BCUT2D eigenvalue weighted by Gasteiger charge is -2.43. The van der Waals surface area contributed by atoms with Crippen molar-refractivity contribution in [1.82, 2.24) is 0 Å². The van der Waals surface area contributed by atoms with E-state index < -0.39 is 26.8 Å². The van der Waals surface area contributed by atoms with Crippen molar-refractivity contribution in [1.29, 1.82) is 0 Å². The minimum atomic E-state index is -5.76. The molecule has 1 heterocycles. The summed E-state index contributed by atoms with van der Waals surface area (Å²) in [5.41, 5.74) is 2.27. The van der Waals surface area contributed by atoms with Crippen LogP contribution in [-0.4, -0.2) is 39.1 Å². The summed E-state index contributed by atoms with van der Waals surface area (Å²) in [6.45, 7) is 2.59. The number of rotatable bonds is 11. The Kier molecular flexibility index (Phi) is 8.69. The molecule has 9 heteroatoms. The maximum absolute atomic E-state index is 14.3. The number of halogens is 3. The van der Waals surface area contributed by atoms with E-state index in [1.165, 1.54) is 0 Å². The lowest BCUT2D eigenvalue weighted by Crippen LogP contribution is -2.40. The first kappa shape index (κ1) is 29.3. The van der Waals surface area contributed by atoms with Crippen LogP contribution in [0.4, 0.5) is 12.2 Å². The largest absolute Gasteiger partial charge is 0.508 e. The monoisotopic (exact) mass is 574 g/mol. The number of benzene rings is 3. The zero-order valence-electron chi connectivity index (χ0n) is 22.2. The topological polar surface area (TPSA) is 76.0 Å². The molecule has 0 saturated heterocycles. The van der Waals surface area contributed by atoms with Crippen LogP contribution in [0, 0.1) is 12.1 Å². The first-order chi connectivity index (χ1) is 19.0. The summed E-state index contributed by atoms with van der Waals surface area (Å²) in [5, 5.41) is 19.9. The molecule has 5 nitrogen and oxygen atoms in total. The molecular weight excluding hydrogens is 541 g/mol. The Labute approximate surface area is 232 Å². The zero-order chi connectivity index (χ0) is 28.8. The summed E-state index contributed by atoms with van der Waals surface area (Å²) in [4.78, 5) is 0. The lowest BCUT2D eigenvalue weighted by atomic mass is 9.65. The SMILES string of the molecule is CC1(c2ccc(O)cc2)COc2cc(O)ccc2C1c1cccc(OCCCCS(=O)(F)(F)CCCC#CF)c1. The Morgan fingerprint density at radius 3 is 2.48 bits per heavy atom. The third-order valence-corrected chi connectivity index (χ3v) is 9.38. The minimum Gasteiger partial charge on any atom is -0.508 e. The number of phenolic OH excluding ortho intramolecular Hbond substituents is 2. The molecule has 214 valence electrons. The number of unbranched alkanes of at least 4 members (excludes halogenated alkanes) is 2. The van der Waals surface area contributed by atoms with Crippen molar-refractivity contribution in [2.45, 2.75) is 43.9 Å². The van der Waals surface area contributed by atoms with Crippen LogP contribution in [0.3, 0.4) is 0 Å². The predicted octanol–water partition coefficient (Wildman–Crippen LogP) is 7.04. The van der Waals surface area contributed by atoms with E-state index >= 15 is 0 Å². The summed E-state index contributed by atoms with van der Waals surface area (Å²) in [7, 11) is -5.76. The van der Waals surface area contributed by atoms with Crippen molar-refractivity contribution in [2.75, 3.05) is 24.7 Å². The standard InChI is InChI=1S/C31H33F3O5S/c1-31(24-10-12-25(35)13-11-24)22-39-29-21-26(36)14-15-28(29)30(31)23-8-7-9-27(20-23)38-17-4-6-19-40(33,34,37)18-5-2-3-16-32/h7-15,20-21,30,35-36H,2,4-6,17-19,22H2,1H3. The molecule has 3 aromatic carbocycles. The van der Waals surface area contributed by atoms with Gasteiger partial charge in [0, 0.05) is 29.4 Å². The average Bonchev–Trinajstić information content (AvgIpc) is 2.91. The van der Waals surface area contributed by atoms with Crippen LogP contribution in [0.1, 0.15) is 55.2 Å². The van der Waals surface area contributed by atoms with Gasteiger partial charge in [0.25, 0.3) is 0 Å². The summed E-state index contributed by atoms with van der Waals surface area (Å²) < 4.78 is 64.3. The van der Waals surface area contributed by atoms with Gasteiger partial charge in [-0.25, -0.2) is 4.21 Å². The van der Waals surface area contributed by atoms with E-state index in [0.29, 0.717) is 24.5 Å². The molecule has 2 atom stereocenters. The van der Waals surface area contributed by atoms with E-state index in [9.17, 15) is 26.6 Å². The molecule has 3 aromatic rings. The van der Waals surface area contributed by atoms with Crippen LogP contribution in [0.15, 0.2) is 66.7 Å². The normalized spacial score (nSPS) is 19.3. The minimum absolute atomic E-state index is 0.0304. The van der Waals surface area contributed by atoms with Gasteiger partial charge < -0.3 is 19.7 Å². The quantitative estimate of drug-likeness (QED) is 0.146. The fraction of sp³-hybridized carbons (Fsp3) is 0.355. The van der Waals surface area contributed by atoms with E-state index in [1.807, 2.05) is 36.4 Å². The molecule has 1 aliphatic heterocycles. The van der Waals surface area contributed by atoms with E-state index in [4.69, 9.17) is 9.47 Å². The van der Waals surface area contributed by atoms with Crippen molar-refractivity contribution >= 4 is 9.84 Å². The fourth-order valence-corrected chi connectivity index (χ4v) is 6.84. The second kappa shape index (κ2) is 11.8. The molecule has 0 radical (unpaired) electrons. The highest BCUT2D eigenvalue weighted by Gasteiger charge is 2.43. The van der Waals surface area contributed by atoms with Gasteiger partial charge in [0.2, 0.25) is 0 Å². The van der Waals surface area contributed by atoms with Gasteiger partial charge in [-0.05, 0) is 60.7 Å². The summed E-state index contributed by atoms with van der Waals surface area (Å²) >= 11 is 0. The molecule has 0 aromatic heterocycles. The smallest absolute Gasteiger partial charge is 0.160 e. The number of hydrogen-bond acceptors (Lipinski definition) is 5. The van der Waals surface area contributed by atoms with Crippen LogP contribution < -0.4 is 9.47 Å². The number of aromatic hydroxyl groups is 2. The summed E-state index contributed by atoms with van der Waals surface area (Å²) in [6.07, 6.45) is 1.32. The van der Waals surface area contributed by atoms with Gasteiger partial charge in [-0.2, -0.15) is 0 Å². The molecule has 0 fully saturated rings. The van der Waals surface area contributed by atoms with E-state index in [1.54, 1.807) is 30.3 Å². The number of ether oxygens (including phenoxy) is 2. The summed E-state index contributed by atoms with van der Waals surface area (Å²) in [5.74, 6) is 1.80. The third kappa shape index (κ3) is 7.11. The number of fused-ring (bicyclic) bond motifs is 1.